The Morgan fingerprint density at radius 1 is 1.19 bits per heavy atom. The number of amides is 1. The van der Waals surface area contributed by atoms with E-state index in [1.807, 2.05) is 61.5 Å². The number of aromatic nitrogens is 2. The van der Waals surface area contributed by atoms with Gasteiger partial charge in [-0.1, -0.05) is 12.1 Å². The van der Waals surface area contributed by atoms with Gasteiger partial charge in [0.05, 0.1) is 17.3 Å². The van der Waals surface area contributed by atoms with E-state index in [2.05, 4.69) is 15.5 Å². The molecule has 5 nitrogen and oxygen atoms in total. The lowest BCUT2D eigenvalue weighted by molar-refractivity contribution is 0.102. The van der Waals surface area contributed by atoms with E-state index in [1.165, 1.54) is 0 Å². The second-order valence-corrected chi connectivity index (χ2v) is 5.04. The predicted molar refractivity (Wildman–Crippen MR) is 84.8 cm³/mol. The molecule has 1 amide bonds. The monoisotopic (exact) mass is 280 g/mol. The van der Waals surface area contributed by atoms with Gasteiger partial charge in [0.1, 0.15) is 0 Å². The van der Waals surface area contributed by atoms with E-state index in [-0.39, 0.29) is 5.91 Å². The Kier molecular flexibility index (Phi) is 3.31. The van der Waals surface area contributed by atoms with E-state index >= 15 is 0 Å². The molecule has 3 rings (SSSR count). The summed E-state index contributed by atoms with van der Waals surface area (Å²) in [6.45, 7) is 0. The number of carbonyl (C=O) groups excluding carboxylic acids is 1. The van der Waals surface area contributed by atoms with Crippen LogP contribution in [0.4, 0.5) is 11.4 Å². The maximum atomic E-state index is 12.5. The van der Waals surface area contributed by atoms with Crippen molar-refractivity contribution >= 4 is 28.2 Å². The number of hydrogen-bond donors (Lipinski definition) is 2. The van der Waals surface area contributed by atoms with Crippen LogP contribution in [-0.2, 0) is 0 Å². The van der Waals surface area contributed by atoms with Gasteiger partial charge in [-0.2, -0.15) is 5.10 Å². The van der Waals surface area contributed by atoms with Crippen LogP contribution in [0.15, 0.2) is 48.7 Å². The number of para-hydroxylation sites is 1. The number of anilines is 2. The van der Waals surface area contributed by atoms with E-state index in [9.17, 15) is 4.79 Å². The fourth-order valence-corrected chi connectivity index (χ4v) is 2.27. The number of H-pyrrole nitrogens is 1. The summed E-state index contributed by atoms with van der Waals surface area (Å²) in [4.78, 5) is 14.4. The maximum absolute atomic E-state index is 12.5. The molecule has 0 radical (unpaired) electrons. The number of benzene rings is 2. The minimum atomic E-state index is -0.123. The quantitative estimate of drug-likeness (QED) is 0.775. The van der Waals surface area contributed by atoms with Crippen LogP contribution < -0.4 is 10.2 Å². The summed E-state index contributed by atoms with van der Waals surface area (Å²) in [5.41, 5.74) is 3.23. The highest BCUT2D eigenvalue weighted by Gasteiger charge is 2.12. The van der Waals surface area contributed by atoms with Crippen LogP contribution in [0.2, 0.25) is 0 Å². The summed E-state index contributed by atoms with van der Waals surface area (Å²) in [7, 11) is 3.84. The normalized spacial score (nSPS) is 10.6. The first-order valence-electron chi connectivity index (χ1n) is 6.66. The highest BCUT2D eigenvalue weighted by molar-refractivity contribution is 6.08. The van der Waals surface area contributed by atoms with Crippen LogP contribution in [0.3, 0.4) is 0 Å². The third-order valence-corrected chi connectivity index (χ3v) is 3.33. The van der Waals surface area contributed by atoms with Gasteiger partial charge in [0.2, 0.25) is 0 Å². The molecule has 3 aromatic rings. The molecule has 21 heavy (non-hydrogen) atoms. The molecule has 2 aromatic carbocycles. The van der Waals surface area contributed by atoms with Crippen molar-refractivity contribution in [3.8, 4) is 0 Å². The fourth-order valence-electron chi connectivity index (χ4n) is 2.27. The first-order valence-corrected chi connectivity index (χ1v) is 6.66. The predicted octanol–water partition coefficient (Wildman–Crippen LogP) is 2.88. The van der Waals surface area contributed by atoms with Crippen molar-refractivity contribution in [1.82, 2.24) is 10.2 Å². The second kappa shape index (κ2) is 5.28. The molecule has 0 bridgehead atoms. The third kappa shape index (κ3) is 2.58. The van der Waals surface area contributed by atoms with Crippen molar-refractivity contribution in [2.24, 2.45) is 0 Å². The van der Waals surface area contributed by atoms with Gasteiger partial charge in [0.15, 0.2) is 0 Å². The highest BCUT2D eigenvalue weighted by atomic mass is 16.1. The average molecular weight is 280 g/mol. The number of hydrogen-bond acceptors (Lipinski definition) is 3. The van der Waals surface area contributed by atoms with Crippen molar-refractivity contribution in [2.45, 2.75) is 0 Å². The molecular formula is C16H16N4O. The second-order valence-electron chi connectivity index (χ2n) is 5.04. The summed E-state index contributed by atoms with van der Waals surface area (Å²) < 4.78 is 0. The zero-order chi connectivity index (χ0) is 14.8. The number of fused-ring (bicyclic) bond motifs is 1. The van der Waals surface area contributed by atoms with Crippen LogP contribution in [-0.4, -0.2) is 30.2 Å². The lowest BCUT2D eigenvalue weighted by Crippen LogP contribution is -2.18. The SMILES string of the molecule is CN(C)c1ccccc1C(=O)Nc1ccc2[nH]ncc2c1. The molecule has 0 saturated carbocycles. The highest BCUT2D eigenvalue weighted by Crippen LogP contribution is 2.21. The van der Waals surface area contributed by atoms with Crippen LogP contribution in [0.1, 0.15) is 10.4 Å². The molecule has 0 saturated heterocycles. The van der Waals surface area contributed by atoms with E-state index in [0.29, 0.717) is 5.56 Å². The van der Waals surface area contributed by atoms with Gasteiger partial charge >= 0.3 is 0 Å². The van der Waals surface area contributed by atoms with Crippen LogP contribution in [0.25, 0.3) is 10.9 Å². The molecule has 1 aromatic heterocycles. The van der Waals surface area contributed by atoms with Crippen molar-refractivity contribution in [1.29, 1.82) is 0 Å². The molecule has 0 fully saturated rings. The minimum absolute atomic E-state index is 0.123. The average Bonchev–Trinajstić information content (AvgIpc) is 2.94. The molecule has 106 valence electrons. The molecule has 0 spiro atoms. The standard InChI is InChI=1S/C16H16N4O/c1-20(2)15-6-4-3-5-13(15)16(21)18-12-7-8-14-11(9-12)10-17-19-14/h3-10H,1-2H3,(H,17,19)(H,18,21). The number of nitrogens with zero attached hydrogens (tertiary/aromatic N) is 2. The first kappa shape index (κ1) is 13.2. The van der Waals surface area contributed by atoms with Gasteiger partial charge in [-0.15, -0.1) is 0 Å². The molecule has 0 atom stereocenters. The van der Waals surface area contributed by atoms with Gasteiger partial charge in [-0.3, -0.25) is 9.89 Å². The number of nitrogens with one attached hydrogen (secondary N) is 2. The molecule has 2 N–H and O–H groups in total. The summed E-state index contributed by atoms with van der Waals surface area (Å²) in [6, 6.07) is 13.2. The molecule has 5 heteroatoms. The molecule has 0 aliphatic carbocycles. The molecular weight excluding hydrogens is 264 g/mol. The van der Waals surface area contributed by atoms with E-state index in [1.54, 1.807) is 6.20 Å². The number of carbonyl (C=O) groups is 1. The maximum Gasteiger partial charge on any atom is 0.257 e. The molecule has 1 heterocycles. The Bertz CT molecular complexity index is 792. The Morgan fingerprint density at radius 3 is 2.81 bits per heavy atom. The van der Waals surface area contributed by atoms with Gasteiger partial charge in [0.25, 0.3) is 5.91 Å². The zero-order valence-corrected chi connectivity index (χ0v) is 11.9. The topological polar surface area (TPSA) is 61.0 Å². The van der Waals surface area contributed by atoms with Gasteiger partial charge < -0.3 is 10.2 Å². The van der Waals surface area contributed by atoms with Gasteiger partial charge in [-0.05, 0) is 30.3 Å². The summed E-state index contributed by atoms with van der Waals surface area (Å²) in [6.07, 6.45) is 1.73. The fraction of sp³-hybridized carbons (Fsp3) is 0.125. The lowest BCUT2D eigenvalue weighted by Gasteiger charge is -2.16. The van der Waals surface area contributed by atoms with Crippen LogP contribution in [0, 0.1) is 0 Å². The number of rotatable bonds is 3. The van der Waals surface area contributed by atoms with E-state index in [0.717, 1.165) is 22.3 Å². The zero-order valence-electron chi connectivity index (χ0n) is 11.9. The lowest BCUT2D eigenvalue weighted by atomic mass is 10.1. The number of aromatic amines is 1. The largest absolute Gasteiger partial charge is 0.377 e. The molecule has 0 aliphatic heterocycles. The smallest absolute Gasteiger partial charge is 0.257 e. The summed E-state index contributed by atoms with van der Waals surface area (Å²) >= 11 is 0. The van der Waals surface area contributed by atoms with Crippen LogP contribution in [0.5, 0.6) is 0 Å². The van der Waals surface area contributed by atoms with Crippen LogP contribution >= 0.6 is 0 Å². The van der Waals surface area contributed by atoms with Gasteiger partial charge in [-0.25, -0.2) is 0 Å². The van der Waals surface area contributed by atoms with E-state index in [4.69, 9.17) is 0 Å². The Morgan fingerprint density at radius 2 is 2.00 bits per heavy atom. The van der Waals surface area contributed by atoms with Crippen molar-refractivity contribution < 1.29 is 4.79 Å². The Hall–Kier alpha value is -2.82. The molecule has 0 aliphatic rings. The third-order valence-electron chi connectivity index (χ3n) is 3.33. The van der Waals surface area contributed by atoms with Crippen molar-refractivity contribution in [2.75, 3.05) is 24.3 Å². The van der Waals surface area contributed by atoms with E-state index < -0.39 is 0 Å². The first-order chi connectivity index (χ1) is 10.1. The Labute approximate surface area is 122 Å². The minimum Gasteiger partial charge on any atom is -0.377 e. The van der Waals surface area contributed by atoms with Gasteiger partial charge in [0, 0.05) is 30.9 Å². The Balaban J connectivity index is 1.89. The van der Waals surface area contributed by atoms with Crippen molar-refractivity contribution in [3.05, 3.63) is 54.2 Å². The summed E-state index contributed by atoms with van der Waals surface area (Å²) in [5, 5.41) is 10.8. The van der Waals surface area contributed by atoms with Crippen molar-refractivity contribution in [3.63, 3.8) is 0 Å². The molecule has 0 unspecified atom stereocenters. The summed E-state index contributed by atoms with van der Waals surface area (Å²) in [5.74, 6) is -0.123.